The van der Waals surface area contributed by atoms with E-state index in [2.05, 4.69) is 30.4 Å². The van der Waals surface area contributed by atoms with Crippen molar-refractivity contribution >= 4 is 28.5 Å². The zero-order valence-corrected chi connectivity index (χ0v) is 12.3. The van der Waals surface area contributed by atoms with Crippen LogP contribution in [0.4, 0.5) is 0 Å². The van der Waals surface area contributed by atoms with Crippen molar-refractivity contribution < 1.29 is 9.94 Å². The van der Waals surface area contributed by atoms with Gasteiger partial charge >= 0.3 is 0 Å². The summed E-state index contributed by atoms with van der Waals surface area (Å²) in [6.45, 7) is 0. The molecule has 0 bridgehead atoms. The summed E-state index contributed by atoms with van der Waals surface area (Å²) in [6.07, 6.45) is 3.35. The van der Waals surface area contributed by atoms with Gasteiger partial charge in [-0.2, -0.15) is 0 Å². The van der Waals surface area contributed by atoms with Crippen LogP contribution in [-0.2, 0) is 4.84 Å². The number of hydroxylamine groups is 1. The Morgan fingerprint density at radius 1 is 1.04 bits per heavy atom. The second-order valence-corrected chi connectivity index (χ2v) is 5.10. The van der Waals surface area contributed by atoms with Gasteiger partial charge in [0.1, 0.15) is 17.5 Å². The van der Waals surface area contributed by atoms with Gasteiger partial charge in [-0.1, -0.05) is 11.6 Å². The van der Waals surface area contributed by atoms with Crippen molar-refractivity contribution in [2.24, 2.45) is 4.99 Å². The van der Waals surface area contributed by atoms with Crippen molar-refractivity contribution in [2.75, 3.05) is 0 Å². The van der Waals surface area contributed by atoms with Gasteiger partial charge in [0.25, 0.3) is 6.41 Å². The third kappa shape index (κ3) is 2.59. The summed E-state index contributed by atoms with van der Waals surface area (Å²) in [5.41, 5.74) is 5.70. The number of aliphatic imine (C=N–C) groups is 1. The van der Waals surface area contributed by atoms with E-state index in [1.54, 1.807) is 24.5 Å². The molecule has 114 valence electrons. The number of rotatable bonds is 2. The molecule has 0 aliphatic carbocycles. The van der Waals surface area contributed by atoms with Crippen molar-refractivity contribution in [2.45, 2.75) is 6.41 Å². The van der Waals surface area contributed by atoms with E-state index in [9.17, 15) is 5.11 Å². The van der Waals surface area contributed by atoms with Crippen LogP contribution in [-0.4, -0.2) is 37.3 Å². The molecule has 0 saturated heterocycles. The standard InChI is InChI=1S/C14H9ClN6O2/c15-8-3-7(4-10-12(8)17-2-1-16-10)9-5-11(19-6-18-9)13-20-14(22)23-21-13/h1-6,14,22H,(H,20,21). The second-order valence-electron chi connectivity index (χ2n) is 4.69. The number of fused-ring (bicyclic) bond motifs is 1. The van der Waals surface area contributed by atoms with Gasteiger partial charge in [0.15, 0.2) is 5.84 Å². The highest BCUT2D eigenvalue weighted by Gasteiger charge is 2.18. The molecule has 0 amide bonds. The van der Waals surface area contributed by atoms with Gasteiger partial charge in [-0.25, -0.2) is 25.3 Å². The van der Waals surface area contributed by atoms with Crippen LogP contribution in [0.1, 0.15) is 5.69 Å². The third-order valence-electron chi connectivity index (χ3n) is 3.23. The van der Waals surface area contributed by atoms with E-state index in [4.69, 9.17) is 16.4 Å². The van der Waals surface area contributed by atoms with E-state index < -0.39 is 6.41 Å². The monoisotopic (exact) mass is 328 g/mol. The lowest BCUT2D eigenvalue weighted by Crippen LogP contribution is -2.20. The maximum Gasteiger partial charge on any atom is 0.280 e. The van der Waals surface area contributed by atoms with E-state index in [0.29, 0.717) is 33.3 Å². The lowest BCUT2D eigenvalue weighted by Gasteiger charge is -2.06. The first-order valence-corrected chi connectivity index (χ1v) is 6.99. The predicted molar refractivity (Wildman–Crippen MR) is 82.3 cm³/mol. The lowest BCUT2D eigenvalue weighted by molar-refractivity contribution is -0.102. The van der Waals surface area contributed by atoms with Crippen LogP contribution in [0.5, 0.6) is 0 Å². The zero-order chi connectivity index (χ0) is 15.8. The summed E-state index contributed by atoms with van der Waals surface area (Å²) >= 11 is 6.26. The topological polar surface area (TPSA) is 105 Å². The summed E-state index contributed by atoms with van der Waals surface area (Å²) < 4.78 is 0. The van der Waals surface area contributed by atoms with Gasteiger partial charge in [0, 0.05) is 18.0 Å². The van der Waals surface area contributed by atoms with Crippen LogP contribution in [0, 0.1) is 0 Å². The maximum absolute atomic E-state index is 9.25. The third-order valence-corrected chi connectivity index (χ3v) is 3.52. The Labute approximate surface area is 134 Å². The lowest BCUT2D eigenvalue weighted by atomic mass is 10.1. The number of nitrogens with zero attached hydrogens (tertiary/aromatic N) is 5. The minimum atomic E-state index is -1.24. The Hall–Kier alpha value is -2.68. The van der Waals surface area contributed by atoms with E-state index in [0.717, 1.165) is 5.56 Å². The number of halogens is 1. The maximum atomic E-state index is 9.25. The van der Waals surface area contributed by atoms with Gasteiger partial charge in [-0.3, -0.25) is 9.97 Å². The Morgan fingerprint density at radius 2 is 1.87 bits per heavy atom. The minimum absolute atomic E-state index is 0.327. The van der Waals surface area contributed by atoms with E-state index in [-0.39, 0.29) is 0 Å². The first kappa shape index (κ1) is 13.9. The van der Waals surface area contributed by atoms with E-state index in [1.807, 2.05) is 6.07 Å². The molecular weight excluding hydrogens is 320 g/mol. The van der Waals surface area contributed by atoms with Crippen molar-refractivity contribution in [3.8, 4) is 11.3 Å². The molecule has 2 N–H and O–H groups in total. The smallest absolute Gasteiger partial charge is 0.280 e. The molecule has 3 aromatic rings. The van der Waals surface area contributed by atoms with Crippen molar-refractivity contribution in [1.82, 2.24) is 25.4 Å². The van der Waals surface area contributed by atoms with Gasteiger partial charge in [0.05, 0.1) is 16.2 Å². The molecule has 2 aromatic heterocycles. The fraction of sp³-hybridized carbons (Fsp3) is 0.0714. The van der Waals surface area contributed by atoms with Gasteiger partial charge < -0.3 is 5.11 Å². The summed E-state index contributed by atoms with van der Waals surface area (Å²) in [6, 6.07) is 5.32. The molecular formula is C14H9ClN6O2. The molecule has 1 atom stereocenters. The van der Waals surface area contributed by atoms with Crippen molar-refractivity contribution in [1.29, 1.82) is 0 Å². The first-order valence-electron chi connectivity index (χ1n) is 6.61. The Balaban J connectivity index is 1.80. The Bertz CT molecular complexity index is 932. The van der Waals surface area contributed by atoms with E-state index >= 15 is 0 Å². The number of amidine groups is 1. The molecule has 1 aliphatic heterocycles. The highest BCUT2D eigenvalue weighted by atomic mass is 35.5. The van der Waals surface area contributed by atoms with Crippen LogP contribution in [0.3, 0.4) is 0 Å². The molecule has 8 nitrogen and oxygen atoms in total. The van der Waals surface area contributed by atoms with Crippen molar-refractivity contribution in [3.63, 3.8) is 0 Å². The number of hydrogen-bond acceptors (Lipinski definition) is 8. The van der Waals surface area contributed by atoms with E-state index in [1.165, 1.54) is 6.33 Å². The molecule has 23 heavy (non-hydrogen) atoms. The molecule has 3 heterocycles. The van der Waals surface area contributed by atoms with Crippen molar-refractivity contribution in [3.05, 3.63) is 47.6 Å². The zero-order valence-electron chi connectivity index (χ0n) is 11.5. The fourth-order valence-corrected chi connectivity index (χ4v) is 2.48. The molecule has 1 aromatic carbocycles. The summed E-state index contributed by atoms with van der Waals surface area (Å²) in [5, 5.41) is 9.74. The normalized spacial score (nSPS) is 17.1. The minimum Gasteiger partial charge on any atom is -0.348 e. The number of benzene rings is 1. The van der Waals surface area contributed by atoms with Crippen LogP contribution >= 0.6 is 11.6 Å². The largest absolute Gasteiger partial charge is 0.348 e. The predicted octanol–water partition coefficient (Wildman–Crippen LogP) is 1.30. The highest BCUT2D eigenvalue weighted by molar-refractivity contribution is 6.35. The number of aliphatic hydroxyl groups excluding tert-OH is 1. The van der Waals surface area contributed by atoms with Crippen LogP contribution in [0.25, 0.3) is 22.3 Å². The second kappa shape index (κ2) is 5.51. The quantitative estimate of drug-likeness (QED) is 0.730. The number of nitrogens with one attached hydrogen (secondary N) is 1. The van der Waals surface area contributed by atoms with Gasteiger partial charge in [0.2, 0.25) is 0 Å². The van der Waals surface area contributed by atoms with Crippen LogP contribution in [0.2, 0.25) is 5.02 Å². The summed E-state index contributed by atoms with van der Waals surface area (Å²) in [5.74, 6) is 0.327. The molecule has 0 saturated carbocycles. The first-order chi connectivity index (χ1) is 11.2. The molecule has 1 aliphatic rings. The molecule has 1 unspecified atom stereocenters. The molecule has 0 fully saturated rings. The summed E-state index contributed by atoms with van der Waals surface area (Å²) in [7, 11) is 0. The van der Waals surface area contributed by atoms with Gasteiger partial charge in [-0.15, -0.1) is 0 Å². The summed E-state index contributed by atoms with van der Waals surface area (Å²) in [4.78, 5) is 25.4. The Morgan fingerprint density at radius 3 is 2.70 bits per heavy atom. The van der Waals surface area contributed by atoms with Crippen LogP contribution in [0.15, 0.2) is 41.9 Å². The van der Waals surface area contributed by atoms with Crippen LogP contribution < -0.4 is 5.48 Å². The van der Waals surface area contributed by atoms with Gasteiger partial charge in [-0.05, 0) is 18.2 Å². The SMILES string of the molecule is OC1N=C(c2cc(-c3cc(Cl)c4nccnc4c3)ncn2)NO1. The fourth-order valence-electron chi connectivity index (χ4n) is 2.21. The highest BCUT2D eigenvalue weighted by Crippen LogP contribution is 2.27. The number of aliphatic hydroxyl groups is 1. The molecule has 9 heteroatoms. The molecule has 0 spiro atoms. The average Bonchev–Trinajstić information content (AvgIpc) is 3.01. The number of hydrogen-bond donors (Lipinski definition) is 2. The Kier molecular flexibility index (Phi) is 3.34. The number of aromatic nitrogens is 4. The average molecular weight is 329 g/mol. The molecule has 0 radical (unpaired) electrons. The molecule has 4 rings (SSSR count).